The van der Waals surface area contributed by atoms with Gasteiger partial charge >= 0.3 is 6.09 Å². The highest BCUT2D eigenvalue weighted by Crippen LogP contribution is 2.35. The lowest BCUT2D eigenvalue weighted by molar-refractivity contribution is 0.0195. The molecule has 3 heterocycles. The second-order valence-electron chi connectivity index (χ2n) is 9.35. The zero-order valence-electron chi connectivity index (χ0n) is 18.3. The van der Waals surface area contributed by atoms with Gasteiger partial charge in [0.05, 0.1) is 17.2 Å². The molecule has 30 heavy (non-hydrogen) atoms. The fraction of sp³-hybridized carbons (Fsp3) is 0.522. The maximum atomic E-state index is 12.7. The molecule has 1 atom stereocenters. The van der Waals surface area contributed by atoms with Crippen LogP contribution in [0.25, 0.3) is 21.9 Å². The lowest BCUT2D eigenvalue weighted by Crippen LogP contribution is -2.42. The van der Waals surface area contributed by atoms with Crippen molar-refractivity contribution in [3.63, 3.8) is 0 Å². The van der Waals surface area contributed by atoms with E-state index in [2.05, 4.69) is 45.4 Å². The van der Waals surface area contributed by atoms with E-state index >= 15 is 0 Å². The van der Waals surface area contributed by atoms with E-state index in [0.29, 0.717) is 6.54 Å². The zero-order valence-corrected chi connectivity index (χ0v) is 19.9. The van der Waals surface area contributed by atoms with Crippen molar-refractivity contribution in [1.82, 2.24) is 19.4 Å². The second-order valence-corrected chi connectivity index (χ2v) is 10.3. The van der Waals surface area contributed by atoms with Crippen molar-refractivity contribution in [1.29, 1.82) is 0 Å². The summed E-state index contributed by atoms with van der Waals surface area (Å²) in [7, 11) is 0. The van der Waals surface area contributed by atoms with E-state index in [1.54, 1.807) is 0 Å². The van der Waals surface area contributed by atoms with Crippen LogP contribution in [0.5, 0.6) is 0 Å². The molecule has 1 amide bonds. The standard InChI is InChI=1S/C23H29BrN4O2/c1-14(2)28-20-17-9-8-16(24)11-18(17)25-12-19(20)26-21(28)15-7-6-10-27(13-15)22(29)30-23(3,4)5/h8-9,11-12,14-15H,6-7,10,13H2,1-5H3. The van der Waals surface area contributed by atoms with Crippen LogP contribution in [0, 0.1) is 0 Å². The van der Waals surface area contributed by atoms with Crippen LogP contribution in [0.2, 0.25) is 0 Å². The summed E-state index contributed by atoms with van der Waals surface area (Å²) in [6.45, 7) is 11.4. The van der Waals surface area contributed by atoms with Crippen molar-refractivity contribution in [3.8, 4) is 0 Å². The van der Waals surface area contributed by atoms with Crippen molar-refractivity contribution in [2.24, 2.45) is 0 Å². The first-order chi connectivity index (χ1) is 14.1. The number of rotatable bonds is 2. The van der Waals surface area contributed by atoms with Crippen molar-refractivity contribution in [2.45, 2.75) is 65.0 Å². The second kappa shape index (κ2) is 7.84. The third kappa shape index (κ3) is 4.04. The van der Waals surface area contributed by atoms with Gasteiger partial charge in [0.15, 0.2) is 0 Å². The number of carbonyl (C=O) groups excluding carboxylic acids is 1. The number of carbonyl (C=O) groups is 1. The molecule has 1 saturated heterocycles. The summed E-state index contributed by atoms with van der Waals surface area (Å²) in [5.41, 5.74) is 2.48. The molecule has 1 unspecified atom stereocenters. The van der Waals surface area contributed by atoms with Crippen molar-refractivity contribution < 1.29 is 9.53 Å². The molecular weight excluding hydrogens is 444 g/mol. The summed E-state index contributed by atoms with van der Waals surface area (Å²) in [6.07, 6.45) is 3.57. The van der Waals surface area contributed by atoms with Crippen LogP contribution in [-0.4, -0.2) is 44.2 Å². The van der Waals surface area contributed by atoms with Crippen molar-refractivity contribution >= 4 is 44.0 Å². The summed E-state index contributed by atoms with van der Waals surface area (Å²) in [5.74, 6) is 1.21. The Kier molecular flexibility index (Phi) is 5.51. The molecule has 3 aromatic rings. The lowest BCUT2D eigenvalue weighted by atomic mass is 9.97. The number of ether oxygens (including phenoxy) is 1. The molecule has 1 aliphatic rings. The van der Waals surface area contributed by atoms with Crippen LogP contribution < -0.4 is 0 Å². The maximum Gasteiger partial charge on any atom is 0.410 e. The Morgan fingerprint density at radius 3 is 2.73 bits per heavy atom. The summed E-state index contributed by atoms with van der Waals surface area (Å²) in [6, 6.07) is 6.44. The average Bonchev–Trinajstić information content (AvgIpc) is 3.07. The number of aromatic nitrogens is 3. The number of hydrogen-bond donors (Lipinski definition) is 0. The first kappa shape index (κ1) is 21.1. The minimum atomic E-state index is -0.492. The van der Waals surface area contributed by atoms with Gasteiger partial charge in [0.2, 0.25) is 0 Å². The molecule has 0 radical (unpaired) electrons. The molecule has 1 aromatic carbocycles. The number of amides is 1. The van der Waals surface area contributed by atoms with E-state index in [1.807, 2.05) is 44.0 Å². The van der Waals surface area contributed by atoms with Crippen molar-refractivity contribution in [3.05, 3.63) is 34.7 Å². The summed E-state index contributed by atoms with van der Waals surface area (Å²) >= 11 is 3.54. The van der Waals surface area contributed by atoms with Crippen LogP contribution >= 0.6 is 15.9 Å². The molecule has 7 heteroatoms. The monoisotopic (exact) mass is 472 g/mol. The van der Waals surface area contributed by atoms with E-state index in [-0.39, 0.29) is 18.1 Å². The predicted molar refractivity (Wildman–Crippen MR) is 123 cm³/mol. The Hall–Kier alpha value is -2.15. The Morgan fingerprint density at radius 2 is 2.03 bits per heavy atom. The van der Waals surface area contributed by atoms with Gasteiger partial charge in [0.1, 0.15) is 16.9 Å². The molecule has 1 aliphatic heterocycles. The topological polar surface area (TPSA) is 60.2 Å². The number of likely N-dealkylation sites (tertiary alicyclic amines) is 1. The Labute approximate surface area is 185 Å². The van der Waals surface area contributed by atoms with Gasteiger partial charge in [0.25, 0.3) is 0 Å². The Morgan fingerprint density at radius 1 is 1.27 bits per heavy atom. The zero-order chi connectivity index (χ0) is 21.6. The number of piperidine rings is 1. The van der Waals surface area contributed by atoms with Gasteiger partial charge in [-0.2, -0.15) is 0 Å². The van der Waals surface area contributed by atoms with Gasteiger partial charge in [-0.3, -0.25) is 4.98 Å². The lowest BCUT2D eigenvalue weighted by Gasteiger charge is -2.34. The van der Waals surface area contributed by atoms with Crippen LogP contribution in [-0.2, 0) is 4.74 Å². The van der Waals surface area contributed by atoms with Crippen molar-refractivity contribution in [2.75, 3.05) is 13.1 Å². The highest BCUT2D eigenvalue weighted by Gasteiger charge is 2.31. The van der Waals surface area contributed by atoms with E-state index < -0.39 is 5.60 Å². The summed E-state index contributed by atoms with van der Waals surface area (Å²) < 4.78 is 8.95. The number of fused-ring (bicyclic) bond motifs is 3. The molecule has 0 aliphatic carbocycles. The fourth-order valence-electron chi connectivity index (χ4n) is 4.26. The molecule has 0 spiro atoms. The Balaban J connectivity index is 1.76. The highest BCUT2D eigenvalue weighted by atomic mass is 79.9. The fourth-order valence-corrected chi connectivity index (χ4v) is 4.61. The number of halogens is 1. The van der Waals surface area contributed by atoms with E-state index in [1.165, 1.54) is 0 Å². The molecule has 6 nitrogen and oxygen atoms in total. The van der Waals surface area contributed by atoms with Gasteiger partial charge in [-0.1, -0.05) is 15.9 Å². The largest absolute Gasteiger partial charge is 0.444 e. The molecule has 0 saturated carbocycles. The van der Waals surface area contributed by atoms with Gasteiger partial charge in [-0.15, -0.1) is 0 Å². The van der Waals surface area contributed by atoms with Gasteiger partial charge < -0.3 is 14.2 Å². The normalized spacial score (nSPS) is 17.8. The quantitative estimate of drug-likeness (QED) is 0.455. The van der Waals surface area contributed by atoms with Crippen LogP contribution in [0.15, 0.2) is 28.9 Å². The minimum Gasteiger partial charge on any atom is -0.444 e. The number of benzene rings is 1. The maximum absolute atomic E-state index is 12.7. The molecule has 0 bridgehead atoms. The van der Waals surface area contributed by atoms with Crippen LogP contribution in [0.4, 0.5) is 4.79 Å². The number of pyridine rings is 1. The van der Waals surface area contributed by atoms with E-state index in [0.717, 1.165) is 51.6 Å². The molecule has 160 valence electrons. The highest BCUT2D eigenvalue weighted by molar-refractivity contribution is 9.10. The van der Waals surface area contributed by atoms with Crippen LogP contribution in [0.3, 0.4) is 0 Å². The number of hydrogen-bond acceptors (Lipinski definition) is 4. The Bertz CT molecular complexity index is 1100. The average molecular weight is 473 g/mol. The summed E-state index contributed by atoms with van der Waals surface area (Å²) in [5, 5.41) is 1.10. The van der Waals surface area contributed by atoms with E-state index in [4.69, 9.17) is 9.72 Å². The predicted octanol–water partition coefficient (Wildman–Crippen LogP) is 6.04. The first-order valence-electron chi connectivity index (χ1n) is 10.6. The minimum absolute atomic E-state index is 0.173. The van der Waals surface area contributed by atoms with Gasteiger partial charge in [-0.05, 0) is 65.7 Å². The molecule has 1 fully saturated rings. The number of nitrogens with zero attached hydrogens (tertiary/aromatic N) is 4. The molecule has 0 N–H and O–H groups in total. The smallest absolute Gasteiger partial charge is 0.410 e. The summed E-state index contributed by atoms with van der Waals surface area (Å²) in [4.78, 5) is 24.1. The third-order valence-electron chi connectivity index (χ3n) is 5.46. The molecule has 2 aromatic heterocycles. The van der Waals surface area contributed by atoms with Gasteiger partial charge in [-0.25, -0.2) is 9.78 Å². The molecule has 4 rings (SSSR count). The van der Waals surface area contributed by atoms with Gasteiger partial charge in [0, 0.05) is 34.9 Å². The number of imidazole rings is 1. The molecular formula is C23H29BrN4O2. The third-order valence-corrected chi connectivity index (χ3v) is 5.95. The van der Waals surface area contributed by atoms with Crippen LogP contribution in [0.1, 0.15) is 65.2 Å². The first-order valence-corrected chi connectivity index (χ1v) is 11.4. The van der Waals surface area contributed by atoms with E-state index in [9.17, 15) is 4.79 Å². The SMILES string of the molecule is CC(C)n1c(C2CCCN(C(=O)OC(C)(C)C)C2)nc2cnc3cc(Br)ccc3c21.